The highest BCUT2D eigenvalue weighted by Gasteiger charge is 2.26. The molecule has 0 aliphatic carbocycles. The third-order valence-electron chi connectivity index (χ3n) is 3.12. The Morgan fingerprint density at radius 1 is 1.33 bits per heavy atom. The molecule has 3 rings (SSSR count). The minimum Gasteiger partial charge on any atom is -0.478 e. The van der Waals surface area contributed by atoms with Gasteiger partial charge in [0.1, 0.15) is 0 Å². The first kappa shape index (κ1) is 13.0. The zero-order chi connectivity index (χ0) is 15.0. The molecule has 1 aliphatic rings. The molecule has 0 unspecified atom stereocenters. The summed E-state index contributed by atoms with van der Waals surface area (Å²) in [5, 5.41) is 11.9. The Hall–Kier alpha value is -3.03. The van der Waals surface area contributed by atoms with Crippen molar-refractivity contribution in [2.75, 3.05) is 11.4 Å². The maximum atomic E-state index is 11.8. The van der Waals surface area contributed by atoms with Gasteiger partial charge in [-0.15, -0.1) is 0 Å². The highest BCUT2D eigenvalue weighted by atomic mass is 16.4. The Bertz CT molecular complexity index is 774. The van der Waals surface area contributed by atoms with Crippen LogP contribution in [0.15, 0.2) is 24.4 Å². The van der Waals surface area contributed by atoms with E-state index in [1.807, 2.05) is 0 Å². The van der Waals surface area contributed by atoms with E-state index >= 15 is 0 Å². The zero-order valence-corrected chi connectivity index (χ0v) is 10.7. The summed E-state index contributed by atoms with van der Waals surface area (Å²) in [4.78, 5) is 43.5. The molecule has 1 saturated heterocycles. The molecule has 0 radical (unpaired) electrons. The molecule has 3 amide bonds. The number of nitrogens with one attached hydrogen (secondary N) is 1. The largest absolute Gasteiger partial charge is 0.478 e. The van der Waals surface area contributed by atoms with Crippen LogP contribution in [0, 0.1) is 0 Å². The summed E-state index contributed by atoms with van der Waals surface area (Å²) >= 11 is 0. The molecule has 1 aromatic heterocycles. The number of carbonyl (C=O) groups excluding carboxylic acids is 2. The normalized spacial score (nSPS) is 15.1. The van der Waals surface area contributed by atoms with Crippen LogP contribution in [0.4, 0.5) is 10.7 Å². The lowest BCUT2D eigenvalue weighted by atomic mass is 10.1. The number of imide groups is 1. The fourth-order valence-corrected chi connectivity index (χ4v) is 2.10. The summed E-state index contributed by atoms with van der Waals surface area (Å²) < 4.78 is 0. The third-order valence-corrected chi connectivity index (χ3v) is 3.12. The summed E-state index contributed by atoms with van der Waals surface area (Å²) in [5.74, 6) is -1.40. The van der Waals surface area contributed by atoms with Gasteiger partial charge in [0.15, 0.2) is 0 Å². The Morgan fingerprint density at radius 3 is 2.86 bits per heavy atom. The van der Waals surface area contributed by atoms with Gasteiger partial charge in [0.05, 0.1) is 11.1 Å². The van der Waals surface area contributed by atoms with E-state index in [1.54, 1.807) is 12.1 Å². The highest BCUT2D eigenvalue weighted by molar-refractivity contribution is 6.06. The predicted molar refractivity (Wildman–Crippen MR) is 72.0 cm³/mol. The number of nitrogens with zero attached hydrogens (tertiary/aromatic N) is 3. The maximum absolute atomic E-state index is 11.8. The number of carboxylic acids is 1. The van der Waals surface area contributed by atoms with E-state index in [4.69, 9.17) is 0 Å². The lowest BCUT2D eigenvalue weighted by Crippen LogP contribution is -2.50. The fraction of sp³-hybridized carbons (Fsp3) is 0.154. The van der Waals surface area contributed by atoms with E-state index in [-0.39, 0.29) is 35.9 Å². The Labute approximate surface area is 118 Å². The van der Waals surface area contributed by atoms with Gasteiger partial charge in [-0.05, 0) is 6.07 Å². The molecule has 106 valence electrons. The highest BCUT2D eigenvalue weighted by Crippen LogP contribution is 2.20. The molecule has 8 heteroatoms. The van der Waals surface area contributed by atoms with Gasteiger partial charge in [-0.25, -0.2) is 19.6 Å². The molecular formula is C13H10N4O4. The van der Waals surface area contributed by atoms with E-state index in [9.17, 15) is 19.5 Å². The van der Waals surface area contributed by atoms with Crippen LogP contribution >= 0.6 is 0 Å². The molecular weight excluding hydrogens is 276 g/mol. The monoisotopic (exact) mass is 286 g/mol. The van der Waals surface area contributed by atoms with Gasteiger partial charge in [0, 0.05) is 24.5 Å². The van der Waals surface area contributed by atoms with Crippen molar-refractivity contribution in [3.8, 4) is 0 Å². The second-order valence-electron chi connectivity index (χ2n) is 4.47. The molecule has 1 aliphatic heterocycles. The summed E-state index contributed by atoms with van der Waals surface area (Å²) in [6.45, 7) is 0.158. The van der Waals surface area contributed by atoms with Gasteiger partial charge < -0.3 is 5.11 Å². The third kappa shape index (κ3) is 2.27. The number of rotatable bonds is 2. The Morgan fingerprint density at radius 2 is 2.14 bits per heavy atom. The second-order valence-corrected chi connectivity index (χ2v) is 4.47. The van der Waals surface area contributed by atoms with E-state index in [2.05, 4.69) is 15.3 Å². The predicted octanol–water partition coefficient (Wildman–Crippen LogP) is 0.774. The number of hydrogen-bond acceptors (Lipinski definition) is 5. The number of carboxylic acid groups (broad SMARTS) is 1. The van der Waals surface area contributed by atoms with Crippen molar-refractivity contribution >= 4 is 34.8 Å². The average molecular weight is 286 g/mol. The number of urea groups is 1. The van der Waals surface area contributed by atoms with Crippen molar-refractivity contribution in [1.29, 1.82) is 0 Å². The van der Waals surface area contributed by atoms with Crippen molar-refractivity contribution in [1.82, 2.24) is 15.3 Å². The number of anilines is 1. The van der Waals surface area contributed by atoms with Crippen LogP contribution in [0.2, 0.25) is 0 Å². The number of amides is 3. The van der Waals surface area contributed by atoms with Crippen LogP contribution < -0.4 is 10.2 Å². The Balaban J connectivity index is 2.08. The van der Waals surface area contributed by atoms with Gasteiger partial charge in [0.25, 0.3) is 0 Å². The number of aromatic nitrogens is 2. The molecule has 0 saturated carbocycles. The quantitative estimate of drug-likeness (QED) is 0.843. The lowest BCUT2D eigenvalue weighted by Gasteiger charge is -2.24. The van der Waals surface area contributed by atoms with Crippen LogP contribution in [-0.2, 0) is 4.79 Å². The second kappa shape index (κ2) is 4.82. The molecule has 1 aromatic carbocycles. The number of carbonyl (C=O) groups is 3. The summed E-state index contributed by atoms with van der Waals surface area (Å²) in [5.41, 5.74) is 0.282. The minimum atomic E-state index is -1.11. The van der Waals surface area contributed by atoms with E-state index in [0.29, 0.717) is 5.39 Å². The summed E-state index contributed by atoms with van der Waals surface area (Å²) in [6.07, 6.45) is 1.60. The van der Waals surface area contributed by atoms with Gasteiger partial charge in [-0.3, -0.25) is 15.0 Å². The SMILES string of the molecule is O=C1CCN(c2ncc3cccc(C(=O)O)c3n2)C(=O)N1. The average Bonchev–Trinajstić information content (AvgIpc) is 2.46. The molecule has 8 nitrogen and oxygen atoms in total. The number of para-hydroxylation sites is 1. The van der Waals surface area contributed by atoms with Crippen molar-refractivity contribution in [3.63, 3.8) is 0 Å². The topological polar surface area (TPSA) is 112 Å². The van der Waals surface area contributed by atoms with Crippen molar-refractivity contribution in [3.05, 3.63) is 30.0 Å². The van der Waals surface area contributed by atoms with Crippen LogP contribution in [0.1, 0.15) is 16.8 Å². The van der Waals surface area contributed by atoms with E-state index in [1.165, 1.54) is 17.2 Å². The lowest BCUT2D eigenvalue weighted by molar-refractivity contribution is -0.120. The number of benzene rings is 1. The first-order valence-corrected chi connectivity index (χ1v) is 6.16. The molecule has 0 atom stereocenters. The van der Waals surface area contributed by atoms with Crippen LogP contribution in [-0.4, -0.2) is 39.5 Å². The zero-order valence-electron chi connectivity index (χ0n) is 10.7. The molecule has 2 aromatic rings. The molecule has 2 N–H and O–H groups in total. The van der Waals surface area contributed by atoms with Gasteiger partial charge in [-0.1, -0.05) is 12.1 Å². The van der Waals surface area contributed by atoms with Crippen molar-refractivity contribution < 1.29 is 19.5 Å². The van der Waals surface area contributed by atoms with Crippen LogP contribution in [0.25, 0.3) is 10.9 Å². The molecule has 21 heavy (non-hydrogen) atoms. The minimum absolute atomic E-state index is 0.0321. The van der Waals surface area contributed by atoms with Crippen molar-refractivity contribution in [2.24, 2.45) is 0 Å². The van der Waals surface area contributed by atoms with Crippen molar-refractivity contribution in [2.45, 2.75) is 6.42 Å². The number of fused-ring (bicyclic) bond motifs is 1. The Kier molecular flexibility index (Phi) is 2.98. The molecule has 0 bridgehead atoms. The first-order valence-electron chi connectivity index (χ1n) is 6.16. The molecule has 2 heterocycles. The fourth-order valence-electron chi connectivity index (χ4n) is 2.10. The van der Waals surface area contributed by atoms with Gasteiger partial charge >= 0.3 is 12.0 Å². The molecule has 0 spiro atoms. The maximum Gasteiger partial charge on any atom is 0.337 e. The molecule has 1 fully saturated rings. The summed E-state index contributed by atoms with van der Waals surface area (Å²) in [6, 6.07) is 4.10. The number of hydrogen-bond donors (Lipinski definition) is 2. The standard InChI is InChI=1S/C13H10N4O4/c18-9-4-5-17(13(21)15-9)12-14-6-7-2-1-3-8(11(19)20)10(7)16-12/h1-3,6H,4-5H2,(H,19,20)(H,15,18,21). The van der Waals surface area contributed by atoms with Crippen LogP contribution in [0.5, 0.6) is 0 Å². The van der Waals surface area contributed by atoms with E-state index in [0.717, 1.165) is 0 Å². The first-order chi connectivity index (χ1) is 10.1. The van der Waals surface area contributed by atoms with Crippen LogP contribution in [0.3, 0.4) is 0 Å². The number of aromatic carboxylic acids is 1. The smallest absolute Gasteiger partial charge is 0.337 e. The summed E-state index contributed by atoms with van der Waals surface area (Å²) in [7, 11) is 0. The van der Waals surface area contributed by atoms with Gasteiger partial charge in [0.2, 0.25) is 11.9 Å². The van der Waals surface area contributed by atoms with E-state index < -0.39 is 12.0 Å². The van der Waals surface area contributed by atoms with Gasteiger partial charge in [-0.2, -0.15) is 0 Å².